The summed E-state index contributed by atoms with van der Waals surface area (Å²) in [7, 11) is 0. The van der Waals surface area contributed by atoms with E-state index in [1.807, 2.05) is 43.3 Å². The second kappa shape index (κ2) is 7.76. The molecule has 4 nitrogen and oxygen atoms in total. The molecule has 1 aromatic carbocycles. The van der Waals surface area contributed by atoms with E-state index in [9.17, 15) is 4.79 Å². The molecule has 2 unspecified atom stereocenters. The number of halogens is 1. The maximum absolute atomic E-state index is 11.6. The lowest BCUT2D eigenvalue weighted by atomic mass is 10.0. The summed E-state index contributed by atoms with van der Waals surface area (Å²) in [5.41, 5.74) is 8.85. The van der Waals surface area contributed by atoms with Crippen LogP contribution in [-0.2, 0) is 4.79 Å². The minimum atomic E-state index is -0.492. The molecule has 0 aliphatic carbocycles. The minimum absolute atomic E-state index is 0. The van der Waals surface area contributed by atoms with Crippen molar-refractivity contribution in [2.45, 2.75) is 25.9 Å². The number of carbonyl (C=O) groups excluding carboxylic acids is 1. The number of benzene rings is 1. The van der Waals surface area contributed by atoms with Crippen LogP contribution in [0.2, 0.25) is 0 Å². The summed E-state index contributed by atoms with van der Waals surface area (Å²) < 4.78 is 0. The van der Waals surface area contributed by atoms with Gasteiger partial charge in [-0.2, -0.15) is 0 Å². The number of pyridine rings is 1. The Bertz CT molecular complexity index is 570. The van der Waals surface area contributed by atoms with Crippen molar-refractivity contribution >= 4 is 18.3 Å². The number of hydrogen-bond donors (Lipinski definition) is 2. The summed E-state index contributed by atoms with van der Waals surface area (Å²) in [6, 6.07) is 11.5. The zero-order chi connectivity index (χ0) is 14.5. The van der Waals surface area contributed by atoms with Crippen molar-refractivity contribution in [3.63, 3.8) is 0 Å². The number of nitrogens with two attached hydrogens (primary N) is 1. The third kappa shape index (κ3) is 4.55. The highest BCUT2D eigenvalue weighted by atomic mass is 35.5. The third-order valence-corrected chi connectivity index (χ3v) is 3.20. The third-order valence-electron chi connectivity index (χ3n) is 3.20. The van der Waals surface area contributed by atoms with Crippen LogP contribution in [0.1, 0.15) is 25.5 Å². The van der Waals surface area contributed by atoms with Crippen molar-refractivity contribution in [3.05, 3.63) is 54.4 Å². The molecule has 0 saturated heterocycles. The first-order valence-corrected chi connectivity index (χ1v) is 6.64. The molecule has 0 spiro atoms. The minimum Gasteiger partial charge on any atom is -0.348 e. The molecule has 2 rings (SSSR count). The van der Waals surface area contributed by atoms with Crippen LogP contribution in [0.25, 0.3) is 11.1 Å². The molecule has 0 saturated carbocycles. The standard InChI is InChI=1S/C16H19N3O.ClH/c1-11(17)16(20)19-12(2)13-3-5-14(6-4-13)15-7-9-18-10-8-15;/h3-12H,17H2,1-2H3,(H,19,20);1H. The lowest BCUT2D eigenvalue weighted by Gasteiger charge is -2.16. The first-order valence-electron chi connectivity index (χ1n) is 6.64. The van der Waals surface area contributed by atoms with E-state index in [1.165, 1.54) is 0 Å². The highest BCUT2D eigenvalue weighted by Gasteiger charge is 2.12. The van der Waals surface area contributed by atoms with Gasteiger partial charge in [0, 0.05) is 12.4 Å². The predicted octanol–water partition coefficient (Wildman–Crippen LogP) is 2.69. The lowest BCUT2D eigenvalue weighted by molar-refractivity contribution is -0.122. The Morgan fingerprint density at radius 1 is 1.05 bits per heavy atom. The van der Waals surface area contributed by atoms with Gasteiger partial charge in [0.1, 0.15) is 0 Å². The molecule has 1 amide bonds. The number of nitrogens with zero attached hydrogens (tertiary/aromatic N) is 1. The molecule has 0 fully saturated rings. The highest BCUT2D eigenvalue weighted by Crippen LogP contribution is 2.21. The fourth-order valence-corrected chi connectivity index (χ4v) is 1.94. The van der Waals surface area contributed by atoms with Crippen molar-refractivity contribution < 1.29 is 4.79 Å². The van der Waals surface area contributed by atoms with Gasteiger partial charge in [0.05, 0.1) is 12.1 Å². The second-order valence-corrected chi connectivity index (χ2v) is 4.88. The van der Waals surface area contributed by atoms with Crippen LogP contribution in [0, 0.1) is 0 Å². The number of hydrogen-bond acceptors (Lipinski definition) is 3. The Balaban J connectivity index is 0.00000220. The number of amides is 1. The van der Waals surface area contributed by atoms with E-state index < -0.39 is 6.04 Å². The van der Waals surface area contributed by atoms with Crippen LogP contribution in [0.5, 0.6) is 0 Å². The Morgan fingerprint density at radius 3 is 2.10 bits per heavy atom. The topological polar surface area (TPSA) is 68.0 Å². The second-order valence-electron chi connectivity index (χ2n) is 4.88. The Kier molecular flexibility index (Phi) is 6.34. The largest absolute Gasteiger partial charge is 0.348 e. The van der Waals surface area contributed by atoms with Crippen molar-refractivity contribution in [1.82, 2.24) is 10.3 Å². The number of nitrogens with one attached hydrogen (secondary N) is 1. The zero-order valence-electron chi connectivity index (χ0n) is 12.1. The van der Waals surface area contributed by atoms with Crippen LogP contribution >= 0.6 is 12.4 Å². The van der Waals surface area contributed by atoms with Gasteiger partial charge < -0.3 is 11.1 Å². The quantitative estimate of drug-likeness (QED) is 0.912. The van der Waals surface area contributed by atoms with Gasteiger partial charge in [-0.3, -0.25) is 9.78 Å². The molecule has 0 aliphatic rings. The highest BCUT2D eigenvalue weighted by molar-refractivity contribution is 5.85. The van der Waals surface area contributed by atoms with E-state index in [0.717, 1.165) is 16.7 Å². The Hall–Kier alpha value is -1.91. The molecule has 2 atom stereocenters. The molecule has 1 heterocycles. The SMILES string of the molecule is CC(N)C(=O)NC(C)c1ccc(-c2ccncc2)cc1.Cl. The van der Waals surface area contributed by atoms with Crippen LogP contribution in [0.15, 0.2) is 48.8 Å². The summed E-state index contributed by atoms with van der Waals surface area (Å²) >= 11 is 0. The molecule has 1 aromatic heterocycles. The summed E-state index contributed by atoms with van der Waals surface area (Å²) in [5, 5.41) is 2.88. The van der Waals surface area contributed by atoms with Crippen LogP contribution < -0.4 is 11.1 Å². The molecule has 5 heteroatoms. The summed E-state index contributed by atoms with van der Waals surface area (Å²) in [6.07, 6.45) is 3.55. The average Bonchev–Trinajstić information content (AvgIpc) is 2.48. The van der Waals surface area contributed by atoms with Crippen molar-refractivity contribution in [2.24, 2.45) is 5.73 Å². The number of carbonyl (C=O) groups is 1. The molecular formula is C16H20ClN3O. The maximum Gasteiger partial charge on any atom is 0.237 e. The molecule has 3 N–H and O–H groups in total. The summed E-state index contributed by atoms with van der Waals surface area (Å²) in [5.74, 6) is -0.143. The van der Waals surface area contributed by atoms with Gasteiger partial charge in [-0.1, -0.05) is 24.3 Å². The van der Waals surface area contributed by atoms with Crippen LogP contribution in [0.4, 0.5) is 0 Å². The van der Waals surface area contributed by atoms with Gasteiger partial charge in [0.15, 0.2) is 0 Å². The van der Waals surface area contributed by atoms with E-state index in [4.69, 9.17) is 5.73 Å². The zero-order valence-corrected chi connectivity index (χ0v) is 12.9. The fourth-order valence-electron chi connectivity index (χ4n) is 1.94. The number of aromatic nitrogens is 1. The molecular weight excluding hydrogens is 286 g/mol. The Labute approximate surface area is 131 Å². The van der Waals surface area contributed by atoms with Gasteiger partial charge in [-0.15, -0.1) is 12.4 Å². The smallest absolute Gasteiger partial charge is 0.237 e. The van der Waals surface area contributed by atoms with Gasteiger partial charge in [0.2, 0.25) is 5.91 Å². The van der Waals surface area contributed by atoms with Crippen LogP contribution in [-0.4, -0.2) is 16.9 Å². The monoisotopic (exact) mass is 305 g/mol. The van der Waals surface area contributed by atoms with E-state index in [-0.39, 0.29) is 24.4 Å². The van der Waals surface area contributed by atoms with E-state index in [0.29, 0.717) is 0 Å². The van der Waals surface area contributed by atoms with Gasteiger partial charge in [-0.25, -0.2) is 0 Å². The predicted molar refractivity (Wildman–Crippen MR) is 87.1 cm³/mol. The molecule has 0 aliphatic heterocycles. The fraction of sp³-hybridized carbons (Fsp3) is 0.250. The van der Waals surface area contributed by atoms with Gasteiger partial charge in [0.25, 0.3) is 0 Å². The first-order chi connectivity index (χ1) is 9.58. The van der Waals surface area contributed by atoms with Gasteiger partial charge >= 0.3 is 0 Å². The van der Waals surface area contributed by atoms with Crippen molar-refractivity contribution in [2.75, 3.05) is 0 Å². The van der Waals surface area contributed by atoms with Crippen molar-refractivity contribution in [1.29, 1.82) is 0 Å². The lowest BCUT2D eigenvalue weighted by Crippen LogP contribution is -2.39. The van der Waals surface area contributed by atoms with Crippen molar-refractivity contribution in [3.8, 4) is 11.1 Å². The van der Waals surface area contributed by atoms with Gasteiger partial charge in [-0.05, 0) is 42.7 Å². The normalized spacial score (nSPS) is 12.9. The summed E-state index contributed by atoms with van der Waals surface area (Å²) in [6.45, 7) is 3.62. The molecule has 0 bridgehead atoms. The molecule has 0 radical (unpaired) electrons. The maximum atomic E-state index is 11.6. The van der Waals surface area contributed by atoms with E-state index in [1.54, 1.807) is 19.3 Å². The first kappa shape index (κ1) is 17.1. The molecule has 112 valence electrons. The molecule has 21 heavy (non-hydrogen) atoms. The van der Waals surface area contributed by atoms with E-state index in [2.05, 4.69) is 10.3 Å². The average molecular weight is 306 g/mol. The molecule has 2 aromatic rings. The van der Waals surface area contributed by atoms with Crippen LogP contribution in [0.3, 0.4) is 0 Å². The van der Waals surface area contributed by atoms with E-state index >= 15 is 0 Å². The number of rotatable bonds is 4. The summed E-state index contributed by atoms with van der Waals surface area (Å²) in [4.78, 5) is 15.6. The Morgan fingerprint density at radius 2 is 1.57 bits per heavy atom.